The van der Waals surface area contributed by atoms with Gasteiger partial charge in [0.2, 0.25) is 17.2 Å². The molecule has 0 unspecified atom stereocenters. The zero-order valence-electron chi connectivity index (χ0n) is 17.7. The average molecular weight is 538 g/mol. The van der Waals surface area contributed by atoms with Crippen LogP contribution in [0.2, 0.25) is 5.28 Å². The summed E-state index contributed by atoms with van der Waals surface area (Å²) in [5.41, 5.74) is 0.625. The predicted molar refractivity (Wildman–Crippen MR) is 128 cm³/mol. The van der Waals surface area contributed by atoms with E-state index in [0.717, 1.165) is 30.0 Å². The lowest BCUT2D eigenvalue weighted by molar-refractivity contribution is 0.471. The molecule has 0 radical (unpaired) electrons. The first-order valence-corrected chi connectivity index (χ1v) is 12.8. The van der Waals surface area contributed by atoms with Gasteiger partial charge in [-0.3, -0.25) is 9.11 Å². The number of phenolic OH excluding ortho intramolecular Hbond substituents is 1. The minimum Gasteiger partial charge on any atom is -0.507 e. The zero-order chi connectivity index (χ0) is 25.5. The summed E-state index contributed by atoms with van der Waals surface area (Å²) in [5, 5.41) is 12.9. The summed E-state index contributed by atoms with van der Waals surface area (Å²) >= 11 is 6.06. The summed E-state index contributed by atoms with van der Waals surface area (Å²) in [6.07, 6.45) is 0. The standard InChI is InChI=1S/C20H16ClN5O7S2/c1-26(12-5-3-2-4-6-12)20-24-18(21)23-19(25-20)22-15-9-13(34(28,29)30)7-11-8-14(35(31,32)33)10-16(27)17(11)15/h2-10,27H,1H3,(H,28,29,30)(H,31,32,33)(H,22,23,24,25). The van der Waals surface area contributed by atoms with Crippen LogP contribution in [0.3, 0.4) is 0 Å². The molecule has 0 aliphatic rings. The van der Waals surface area contributed by atoms with Crippen LogP contribution in [0.1, 0.15) is 0 Å². The highest BCUT2D eigenvalue weighted by Gasteiger charge is 2.21. The molecule has 0 spiro atoms. The van der Waals surface area contributed by atoms with Gasteiger partial charge in [0.05, 0.1) is 15.5 Å². The molecule has 3 aromatic carbocycles. The highest BCUT2D eigenvalue weighted by molar-refractivity contribution is 7.86. The maximum Gasteiger partial charge on any atom is 0.294 e. The Kier molecular flexibility index (Phi) is 6.25. The fourth-order valence-corrected chi connectivity index (χ4v) is 4.50. The summed E-state index contributed by atoms with van der Waals surface area (Å²) in [6.45, 7) is 0. The molecule has 0 saturated heterocycles. The Morgan fingerprint density at radius 1 is 0.886 bits per heavy atom. The van der Waals surface area contributed by atoms with E-state index >= 15 is 0 Å². The summed E-state index contributed by atoms with van der Waals surface area (Å²) < 4.78 is 65.7. The van der Waals surface area contributed by atoms with Gasteiger partial charge in [0.15, 0.2) is 0 Å². The van der Waals surface area contributed by atoms with E-state index in [1.54, 1.807) is 24.1 Å². The van der Waals surface area contributed by atoms with Crippen molar-refractivity contribution < 1.29 is 31.0 Å². The molecule has 0 fully saturated rings. The number of fused-ring (bicyclic) bond motifs is 1. The number of hydrogen-bond donors (Lipinski definition) is 4. The maximum atomic E-state index is 11.8. The molecule has 4 aromatic rings. The summed E-state index contributed by atoms with van der Waals surface area (Å²) in [6, 6.07) is 12.7. The number of anilines is 4. The number of aromatic hydroxyl groups is 1. The Balaban J connectivity index is 1.88. The molecular formula is C20H16ClN5O7S2. The van der Waals surface area contributed by atoms with Crippen LogP contribution in [0.15, 0.2) is 64.4 Å². The second-order valence-corrected chi connectivity index (χ2v) is 10.4. The van der Waals surface area contributed by atoms with Gasteiger partial charge in [-0.05, 0) is 47.3 Å². The summed E-state index contributed by atoms with van der Waals surface area (Å²) in [5.74, 6) is -0.622. The number of phenols is 1. The van der Waals surface area contributed by atoms with Crippen molar-refractivity contribution in [3.63, 3.8) is 0 Å². The third kappa shape index (κ3) is 5.26. The van der Waals surface area contributed by atoms with E-state index in [9.17, 15) is 31.0 Å². The first kappa shape index (κ1) is 24.6. The van der Waals surface area contributed by atoms with Gasteiger partial charge < -0.3 is 15.3 Å². The summed E-state index contributed by atoms with van der Waals surface area (Å²) in [4.78, 5) is 12.6. The molecule has 0 atom stereocenters. The van der Waals surface area contributed by atoms with Crippen LogP contribution in [0.4, 0.5) is 23.3 Å². The van der Waals surface area contributed by atoms with Gasteiger partial charge in [-0.15, -0.1) is 0 Å². The molecule has 4 N–H and O–H groups in total. The van der Waals surface area contributed by atoms with Crippen molar-refractivity contribution in [3.8, 4) is 5.75 Å². The largest absolute Gasteiger partial charge is 0.507 e. The van der Waals surface area contributed by atoms with Gasteiger partial charge in [0, 0.05) is 24.2 Å². The Labute approximate surface area is 204 Å². The Morgan fingerprint density at radius 2 is 1.49 bits per heavy atom. The SMILES string of the molecule is CN(c1ccccc1)c1nc(Cl)nc(Nc2cc(S(=O)(=O)O)cc3cc(S(=O)(=O)O)cc(O)c23)n1. The zero-order valence-corrected chi connectivity index (χ0v) is 20.0. The molecule has 0 amide bonds. The number of benzene rings is 3. The third-order valence-corrected chi connectivity index (χ3v) is 6.69. The highest BCUT2D eigenvalue weighted by atomic mass is 35.5. The van der Waals surface area contributed by atoms with Crippen LogP contribution in [0.5, 0.6) is 5.75 Å². The van der Waals surface area contributed by atoms with E-state index in [-0.39, 0.29) is 33.6 Å². The third-order valence-electron chi connectivity index (χ3n) is 4.86. The first-order chi connectivity index (χ1) is 16.3. The molecule has 4 rings (SSSR count). The van der Waals surface area contributed by atoms with Crippen LogP contribution in [0, 0.1) is 0 Å². The molecular weight excluding hydrogens is 522 g/mol. The van der Waals surface area contributed by atoms with Crippen molar-refractivity contribution in [2.75, 3.05) is 17.3 Å². The van der Waals surface area contributed by atoms with Gasteiger partial charge >= 0.3 is 0 Å². The van der Waals surface area contributed by atoms with Crippen molar-refractivity contribution in [3.05, 3.63) is 59.9 Å². The van der Waals surface area contributed by atoms with Crippen molar-refractivity contribution in [1.29, 1.82) is 0 Å². The Bertz CT molecular complexity index is 1660. The molecule has 0 aliphatic carbocycles. The van der Waals surface area contributed by atoms with Crippen LogP contribution >= 0.6 is 11.6 Å². The van der Waals surface area contributed by atoms with E-state index in [0.29, 0.717) is 0 Å². The fraction of sp³-hybridized carbons (Fsp3) is 0.0500. The molecule has 0 saturated carbocycles. The lowest BCUT2D eigenvalue weighted by Gasteiger charge is -2.18. The van der Waals surface area contributed by atoms with Gasteiger partial charge in [-0.25, -0.2) is 0 Å². The number of rotatable bonds is 6. The van der Waals surface area contributed by atoms with E-state index in [1.807, 2.05) is 18.2 Å². The molecule has 0 bridgehead atoms. The van der Waals surface area contributed by atoms with E-state index < -0.39 is 35.8 Å². The van der Waals surface area contributed by atoms with Crippen LogP contribution in [-0.4, -0.2) is 53.0 Å². The number of hydrogen-bond acceptors (Lipinski definition) is 10. The van der Waals surface area contributed by atoms with Crippen molar-refractivity contribution in [1.82, 2.24) is 15.0 Å². The quantitative estimate of drug-likeness (QED) is 0.263. The molecule has 1 heterocycles. The summed E-state index contributed by atoms with van der Waals surface area (Å²) in [7, 11) is -7.81. The van der Waals surface area contributed by atoms with Crippen LogP contribution < -0.4 is 10.2 Å². The molecule has 35 heavy (non-hydrogen) atoms. The monoisotopic (exact) mass is 537 g/mol. The van der Waals surface area contributed by atoms with Crippen molar-refractivity contribution in [2.24, 2.45) is 0 Å². The van der Waals surface area contributed by atoms with Crippen LogP contribution in [0.25, 0.3) is 10.8 Å². The molecule has 1 aromatic heterocycles. The highest BCUT2D eigenvalue weighted by Crippen LogP contribution is 2.37. The number of halogens is 1. The minimum atomic E-state index is -4.76. The number of aromatic nitrogens is 3. The van der Waals surface area contributed by atoms with Crippen molar-refractivity contribution in [2.45, 2.75) is 9.79 Å². The number of nitrogens with one attached hydrogen (secondary N) is 1. The average Bonchev–Trinajstić information content (AvgIpc) is 2.77. The van der Waals surface area contributed by atoms with E-state index in [4.69, 9.17) is 11.6 Å². The van der Waals surface area contributed by atoms with Gasteiger partial charge in [-0.2, -0.15) is 31.8 Å². The smallest absolute Gasteiger partial charge is 0.294 e. The van der Waals surface area contributed by atoms with E-state index in [2.05, 4.69) is 20.3 Å². The first-order valence-electron chi connectivity index (χ1n) is 9.56. The minimum absolute atomic E-state index is 0.0423. The molecule has 12 nitrogen and oxygen atoms in total. The Hall–Kier alpha value is -3.56. The van der Waals surface area contributed by atoms with Gasteiger partial charge in [0.1, 0.15) is 5.75 Å². The topological polar surface area (TPSA) is 183 Å². The fourth-order valence-electron chi connectivity index (χ4n) is 3.27. The maximum absolute atomic E-state index is 11.8. The second kappa shape index (κ2) is 8.90. The lowest BCUT2D eigenvalue weighted by atomic mass is 10.1. The molecule has 182 valence electrons. The van der Waals surface area contributed by atoms with Gasteiger partial charge in [0.25, 0.3) is 20.2 Å². The molecule has 15 heteroatoms. The molecule has 0 aliphatic heterocycles. The lowest BCUT2D eigenvalue weighted by Crippen LogP contribution is -2.15. The number of nitrogens with zero attached hydrogens (tertiary/aromatic N) is 4. The van der Waals surface area contributed by atoms with Gasteiger partial charge in [-0.1, -0.05) is 18.2 Å². The normalized spacial score (nSPS) is 12.0. The van der Waals surface area contributed by atoms with Crippen LogP contribution in [-0.2, 0) is 20.2 Å². The van der Waals surface area contributed by atoms with E-state index in [1.165, 1.54) is 0 Å². The van der Waals surface area contributed by atoms with Crippen molar-refractivity contribution >= 4 is 65.9 Å². The number of para-hydroxylation sites is 1. The second-order valence-electron chi connectivity index (χ2n) is 7.21. The predicted octanol–water partition coefficient (Wildman–Crippen LogP) is 3.39. The Morgan fingerprint density at radius 3 is 2.09 bits per heavy atom.